The summed E-state index contributed by atoms with van der Waals surface area (Å²) in [4.78, 5) is 1.23. The number of hydrogen-bond donors (Lipinski definition) is 2. The second-order valence-corrected chi connectivity index (χ2v) is 7.05. The van der Waals surface area contributed by atoms with Gasteiger partial charge in [-0.3, -0.25) is 0 Å². The summed E-state index contributed by atoms with van der Waals surface area (Å²) in [6.07, 6.45) is -3.40. The Labute approximate surface area is 155 Å². The van der Waals surface area contributed by atoms with Gasteiger partial charge in [0.05, 0.1) is 5.56 Å². The fraction of sp³-hybridized carbons (Fsp3) is 0.278. The predicted molar refractivity (Wildman–Crippen MR) is 102 cm³/mol. The van der Waals surface area contributed by atoms with Crippen LogP contribution in [0.4, 0.5) is 18.9 Å². The van der Waals surface area contributed by atoms with Crippen LogP contribution in [-0.4, -0.2) is 17.4 Å². The van der Waals surface area contributed by atoms with E-state index in [1.807, 2.05) is 0 Å². The molecule has 7 heteroatoms. The molecule has 0 atom stereocenters. The van der Waals surface area contributed by atoms with Crippen molar-refractivity contribution in [3.63, 3.8) is 0 Å². The molecule has 0 fully saturated rings. The van der Waals surface area contributed by atoms with E-state index in [0.29, 0.717) is 17.3 Å². The summed E-state index contributed by atoms with van der Waals surface area (Å²) in [6.45, 7) is 2.76. The lowest BCUT2D eigenvalue weighted by atomic mass is 10.2. The van der Waals surface area contributed by atoms with Gasteiger partial charge in [0.2, 0.25) is 0 Å². The van der Waals surface area contributed by atoms with Crippen LogP contribution in [0.2, 0.25) is 0 Å². The number of aryl methyl sites for hydroxylation is 1. The minimum absolute atomic E-state index is 0.403. The molecule has 0 unspecified atom stereocenters. The summed E-state index contributed by atoms with van der Waals surface area (Å²) in [5.74, 6) is 0.957. The maximum absolute atomic E-state index is 12.5. The first-order valence-corrected chi connectivity index (χ1v) is 9.15. The van der Waals surface area contributed by atoms with Crippen LogP contribution in [0.3, 0.4) is 0 Å². The van der Waals surface area contributed by atoms with Crippen LogP contribution in [-0.2, 0) is 6.18 Å². The molecule has 0 aliphatic carbocycles. The molecule has 25 heavy (non-hydrogen) atoms. The van der Waals surface area contributed by atoms with Gasteiger partial charge in [0.25, 0.3) is 0 Å². The lowest BCUT2D eigenvalue weighted by Gasteiger charge is -2.12. The third kappa shape index (κ3) is 6.96. The van der Waals surface area contributed by atoms with E-state index < -0.39 is 11.7 Å². The van der Waals surface area contributed by atoms with E-state index in [9.17, 15) is 13.2 Å². The molecular formula is C18H19F3N2S2. The molecule has 0 spiro atoms. The number of hydrogen-bond acceptors (Lipinski definition) is 2. The molecule has 134 valence electrons. The minimum atomic E-state index is -4.33. The Morgan fingerprint density at radius 2 is 1.68 bits per heavy atom. The maximum atomic E-state index is 12.5. The molecule has 0 amide bonds. The zero-order valence-electron chi connectivity index (χ0n) is 13.7. The highest BCUT2D eigenvalue weighted by molar-refractivity contribution is 7.99. The van der Waals surface area contributed by atoms with Crippen molar-refractivity contribution < 1.29 is 13.2 Å². The molecular weight excluding hydrogens is 365 g/mol. The average molecular weight is 384 g/mol. The first-order valence-electron chi connectivity index (χ1n) is 7.76. The van der Waals surface area contributed by atoms with Gasteiger partial charge < -0.3 is 10.6 Å². The molecule has 0 aliphatic heterocycles. The van der Waals surface area contributed by atoms with Gasteiger partial charge in [-0.25, -0.2) is 0 Å². The number of rotatable bonds is 6. The maximum Gasteiger partial charge on any atom is 0.416 e. The summed E-state index contributed by atoms with van der Waals surface area (Å²) < 4.78 is 37.5. The van der Waals surface area contributed by atoms with Crippen molar-refractivity contribution in [3.8, 4) is 0 Å². The van der Waals surface area contributed by atoms with Crippen molar-refractivity contribution in [2.24, 2.45) is 0 Å². The van der Waals surface area contributed by atoms with E-state index in [0.717, 1.165) is 24.3 Å². The summed E-state index contributed by atoms with van der Waals surface area (Å²) in [6, 6.07) is 13.2. The highest BCUT2D eigenvalue weighted by Gasteiger charge is 2.29. The van der Waals surface area contributed by atoms with Gasteiger partial charge >= 0.3 is 6.18 Å². The number of thiocarbonyl (C=S) groups is 1. The topological polar surface area (TPSA) is 24.1 Å². The second kappa shape index (κ2) is 9.10. The van der Waals surface area contributed by atoms with E-state index in [4.69, 9.17) is 12.2 Å². The van der Waals surface area contributed by atoms with E-state index in [-0.39, 0.29) is 0 Å². The van der Waals surface area contributed by atoms with Gasteiger partial charge in [-0.1, -0.05) is 17.7 Å². The first-order chi connectivity index (χ1) is 11.8. The van der Waals surface area contributed by atoms with Gasteiger partial charge in [-0.2, -0.15) is 13.2 Å². The van der Waals surface area contributed by atoms with E-state index in [2.05, 4.69) is 41.8 Å². The van der Waals surface area contributed by atoms with Crippen molar-refractivity contribution in [2.75, 3.05) is 17.6 Å². The van der Waals surface area contributed by atoms with Crippen molar-refractivity contribution in [2.45, 2.75) is 24.4 Å². The molecule has 2 aromatic rings. The Bertz CT molecular complexity index is 683. The first kappa shape index (κ1) is 19.6. The molecule has 0 heterocycles. The summed E-state index contributed by atoms with van der Waals surface area (Å²) >= 11 is 6.93. The normalized spacial score (nSPS) is 11.2. The van der Waals surface area contributed by atoms with E-state index in [1.165, 1.54) is 22.6 Å². The van der Waals surface area contributed by atoms with Gasteiger partial charge in [0.15, 0.2) is 5.11 Å². The number of alkyl halides is 3. The Balaban J connectivity index is 1.66. The molecule has 0 bridgehead atoms. The van der Waals surface area contributed by atoms with Crippen LogP contribution in [0.15, 0.2) is 53.4 Å². The third-order valence-electron chi connectivity index (χ3n) is 3.37. The van der Waals surface area contributed by atoms with E-state index >= 15 is 0 Å². The van der Waals surface area contributed by atoms with Gasteiger partial charge in [0.1, 0.15) is 0 Å². The van der Waals surface area contributed by atoms with E-state index in [1.54, 1.807) is 11.8 Å². The van der Waals surface area contributed by atoms with Crippen LogP contribution < -0.4 is 10.6 Å². The summed E-state index contributed by atoms with van der Waals surface area (Å²) in [7, 11) is 0. The number of thioether (sulfide) groups is 1. The van der Waals surface area contributed by atoms with Crippen LogP contribution in [0.25, 0.3) is 0 Å². The molecule has 0 aromatic heterocycles. The molecule has 0 saturated carbocycles. The Morgan fingerprint density at radius 3 is 2.28 bits per heavy atom. The monoisotopic (exact) mass is 384 g/mol. The Morgan fingerprint density at radius 1 is 1.04 bits per heavy atom. The number of nitrogens with one attached hydrogen (secondary N) is 2. The average Bonchev–Trinajstić information content (AvgIpc) is 2.56. The summed E-state index contributed by atoms with van der Waals surface area (Å²) in [5, 5.41) is 6.34. The second-order valence-electron chi connectivity index (χ2n) is 5.47. The molecule has 2 rings (SSSR count). The molecule has 0 saturated heterocycles. The number of halogens is 3. The third-order valence-corrected chi connectivity index (χ3v) is 4.71. The molecule has 2 nitrogen and oxygen atoms in total. The standard InChI is InChI=1S/C18H19F3N2S2/c1-13-3-9-16(10-4-13)25-12-2-11-22-17(24)23-15-7-5-14(6-8-15)18(19,20)21/h3-10H,2,11-12H2,1H3,(H2,22,23,24). The van der Waals surface area contributed by atoms with Crippen LogP contribution >= 0.6 is 24.0 Å². The quantitative estimate of drug-likeness (QED) is 0.391. The number of anilines is 1. The van der Waals surface area contributed by atoms with Crippen LogP contribution in [0, 0.1) is 6.92 Å². The fourth-order valence-electron chi connectivity index (χ4n) is 2.02. The highest BCUT2D eigenvalue weighted by atomic mass is 32.2. The minimum Gasteiger partial charge on any atom is -0.362 e. The lowest BCUT2D eigenvalue weighted by Crippen LogP contribution is -2.29. The molecule has 2 aromatic carbocycles. The van der Waals surface area contributed by atoms with Crippen molar-refractivity contribution >= 4 is 34.8 Å². The highest BCUT2D eigenvalue weighted by Crippen LogP contribution is 2.29. The van der Waals surface area contributed by atoms with Crippen LogP contribution in [0.5, 0.6) is 0 Å². The lowest BCUT2D eigenvalue weighted by molar-refractivity contribution is -0.137. The van der Waals surface area contributed by atoms with Crippen LogP contribution in [0.1, 0.15) is 17.5 Å². The zero-order chi connectivity index (χ0) is 18.3. The Hall–Kier alpha value is -1.73. The molecule has 0 aliphatic rings. The van der Waals surface area contributed by atoms with Crippen molar-refractivity contribution in [1.82, 2.24) is 5.32 Å². The van der Waals surface area contributed by atoms with Crippen molar-refractivity contribution in [1.29, 1.82) is 0 Å². The van der Waals surface area contributed by atoms with Gasteiger partial charge in [0, 0.05) is 17.1 Å². The fourth-order valence-corrected chi connectivity index (χ4v) is 3.09. The summed E-state index contributed by atoms with van der Waals surface area (Å²) in [5.41, 5.74) is 1.09. The zero-order valence-corrected chi connectivity index (χ0v) is 15.3. The number of benzene rings is 2. The SMILES string of the molecule is Cc1ccc(SCCCNC(=S)Nc2ccc(C(F)(F)F)cc2)cc1. The van der Waals surface area contributed by atoms with Gasteiger partial charge in [-0.15, -0.1) is 11.8 Å². The molecule has 2 N–H and O–H groups in total. The molecule has 0 radical (unpaired) electrons. The largest absolute Gasteiger partial charge is 0.416 e. The Kier molecular flexibility index (Phi) is 7.13. The van der Waals surface area contributed by atoms with Gasteiger partial charge in [-0.05, 0) is 67.7 Å². The van der Waals surface area contributed by atoms with Crippen molar-refractivity contribution in [3.05, 3.63) is 59.7 Å². The predicted octanol–water partition coefficient (Wildman–Crippen LogP) is 5.48. The smallest absolute Gasteiger partial charge is 0.362 e.